The summed E-state index contributed by atoms with van der Waals surface area (Å²) in [5.41, 5.74) is 1.54. The molecular weight excluding hydrogens is 382 g/mol. The van der Waals surface area contributed by atoms with Crippen molar-refractivity contribution in [2.45, 2.75) is 18.2 Å². The van der Waals surface area contributed by atoms with Gasteiger partial charge in [-0.3, -0.25) is 0 Å². The minimum absolute atomic E-state index is 0.114. The number of amides is 1. The van der Waals surface area contributed by atoms with Crippen LogP contribution < -0.4 is 0 Å². The van der Waals surface area contributed by atoms with E-state index in [0.717, 1.165) is 5.69 Å². The summed E-state index contributed by atoms with van der Waals surface area (Å²) in [5.74, 6) is 0.0148. The van der Waals surface area contributed by atoms with Crippen LogP contribution in [0, 0.1) is 17.7 Å². The van der Waals surface area contributed by atoms with Crippen molar-refractivity contribution in [1.82, 2.24) is 14.7 Å². The molecule has 2 aliphatic rings. The molecule has 28 heavy (non-hydrogen) atoms. The Morgan fingerprint density at radius 2 is 1.86 bits per heavy atom. The van der Waals surface area contributed by atoms with Crippen molar-refractivity contribution >= 4 is 6.09 Å². The molecule has 1 aromatic carbocycles. The number of benzene rings is 1. The van der Waals surface area contributed by atoms with Gasteiger partial charge in [-0.1, -0.05) is 0 Å². The van der Waals surface area contributed by atoms with Gasteiger partial charge in [0.25, 0.3) is 0 Å². The number of nitrogens with zero attached hydrogens (tertiary/aromatic N) is 3. The summed E-state index contributed by atoms with van der Waals surface area (Å²) in [6, 6.07) is 7.74. The second-order valence-electron chi connectivity index (χ2n) is 7.02. The fourth-order valence-corrected chi connectivity index (χ4v) is 3.77. The highest BCUT2D eigenvalue weighted by atomic mass is 19.4. The number of aromatic nitrogens is 2. The Morgan fingerprint density at radius 1 is 1.21 bits per heavy atom. The number of aliphatic hydroxyl groups excluding tert-OH is 1. The van der Waals surface area contributed by atoms with Gasteiger partial charge in [-0.05, 0) is 42.2 Å². The molecule has 0 spiro atoms. The molecule has 2 aromatic rings. The van der Waals surface area contributed by atoms with Gasteiger partial charge >= 0.3 is 12.3 Å². The molecule has 1 aromatic heterocycles. The molecule has 4 atom stereocenters. The Balaban J connectivity index is 1.35. The fraction of sp³-hybridized carbons (Fsp3) is 0.444. The molecule has 1 N–H and O–H groups in total. The van der Waals surface area contributed by atoms with Crippen LogP contribution in [0.1, 0.15) is 11.6 Å². The molecule has 1 aliphatic carbocycles. The third kappa shape index (κ3) is 3.44. The molecule has 1 saturated heterocycles. The number of hydrogen-bond acceptors (Lipinski definition) is 4. The van der Waals surface area contributed by atoms with Gasteiger partial charge in [0.05, 0.1) is 18.0 Å². The molecule has 2 heterocycles. The Hall–Kier alpha value is -2.62. The van der Waals surface area contributed by atoms with Crippen LogP contribution in [0.3, 0.4) is 0 Å². The molecule has 0 radical (unpaired) electrons. The fourth-order valence-electron chi connectivity index (χ4n) is 3.77. The molecular formula is C18H17F4N3O3. The van der Waals surface area contributed by atoms with E-state index in [1.54, 1.807) is 23.0 Å². The van der Waals surface area contributed by atoms with Gasteiger partial charge in [0.15, 0.2) is 0 Å². The predicted octanol–water partition coefficient (Wildman–Crippen LogP) is 2.72. The van der Waals surface area contributed by atoms with Crippen molar-refractivity contribution in [2.75, 3.05) is 19.7 Å². The first kappa shape index (κ1) is 18.7. The number of likely N-dealkylation sites (tertiary alicyclic amines) is 1. The van der Waals surface area contributed by atoms with Crippen LogP contribution in [0.25, 0.3) is 5.69 Å². The first-order valence-electron chi connectivity index (χ1n) is 8.72. The van der Waals surface area contributed by atoms with E-state index in [0.29, 0.717) is 5.69 Å². The van der Waals surface area contributed by atoms with Crippen molar-refractivity contribution in [1.29, 1.82) is 0 Å². The van der Waals surface area contributed by atoms with Crippen LogP contribution in [0.15, 0.2) is 36.5 Å². The lowest BCUT2D eigenvalue weighted by Crippen LogP contribution is -2.42. The number of ether oxygens (including phenoxy) is 1. The summed E-state index contributed by atoms with van der Waals surface area (Å²) in [5, 5.41) is 13.3. The van der Waals surface area contributed by atoms with Crippen LogP contribution >= 0.6 is 0 Å². The highest BCUT2D eigenvalue weighted by Gasteiger charge is 2.59. The smallest absolute Gasteiger partial charge is 0.427 e. The lowest BCUT2D eigenvalue weighted by atomic mass is 10.2. The van der Waals surface area contributed by atoms with E-state index < -0.39 is 25.0 Å². The van der Waals surface area contributed by atoms with Crippen LogP contribution in [0.5, 0.6) is 0 Å². The van der Waals surface area contributed by atoms with Crippen LogP contribution in [0.4, 0.5) is 22.4 Å². The summed E-state index contributed by atoms with van der Waals surface area (Å²) in [7, 11) is 0. The average molecular weight is 399 g/mol. The van der Waals surface area contributed by atoms with E-state index in [4.69, 9.17) is 5.11 Å². The highest BCUT2D eigenvalue weighted by molar-refractivity contribution is 5.69. The number of piperidine rings is 1. The maximum absolute atomic E-state index is 13.0. The minimum atomic E-state index is -4.80. The summed E-state index contributed by atoms with van der Waals surface area (Å²) >= 11 is 0. The van der Waals surface area contributed by atoms with Gasteiger partial charge in [-0.2, -0.15) is 18.3 Å². The summed E-state index contributed by atoms with van der Waals surface area (Å²) < 4.78 is 56.9. The SMILES string of the molecule is O=C(OC(CO)C(F)(F)F)N1C[C@@H]2C(c3ccn(-c4ccc(F)cc4)n3)[C@@H]2C1. The number of carbonyl (C=O) groups is 1. The highest BCUT2D eigenvalue weighted by Crippen LogP contribution is 2.57. The van der Waals surface area contributed by atoms with E-state index in [-0.39, 0.29) is 36.7 Å². The summed E-state index contributed by atoms with van der Waals surface area (Å²) in [6.45, 7) is -0.736. The molecule has 1 amide bonds. The third-order valence-corrected chi connectivity index (χ3v) is 5.27. The number of alkyl halides is 3. The van der Waals surface area contributed by atoms with Crippen molar-refractivity contribution in [2.24, 2.45) is 11.8 Å². The molecule has 10 heteroatoms. The lowest BCUT2D eigenvalue weighted by Gasteiger charge is -2.24. The number of carbonyl (C=O) groups excluding carboxylic acids is 1. The Morgan fingerprint density at radius 3 is 2.43 bits per heavy atom. The monoisotopic (exact) mass is 399 g/mol. The topological polar surface area (TPSA) is 67.6 Å². The molecule has 0 bridgehead atoms. The average Bonchev–Trinajstić information content (AvgIpc) is 3.04. The van der Waals surface area contributed by atoms with Crippen molar-refractivity contribution in [3.63, 3.8) is 0 Å². The van der Waals surface area contributed by atoms with E-state index >= 15 is 0 Å². The summed E-state index contributed by atoms with van der Waals surface area (Å²) in [6.07, 6.45) is -6.63. The van der Waals surface area contributed by atoms with Gasteiger partial charge in [-0.15, -0.1) is 0 Å². The van der Waals surface area contributed by atoms with E-state index in [1.165, 1.54) is 17.0 Å². The van der Waals surface area contributed by atoms with E-state index in [2.05, 4.69) is 9.84 Å². The zero-order chi connectivity index (χ0) is 20.1. The second kappa shape index (κ2) is 6.77. The molecule has 2 fully saturated rings. The quantitative estimate of drug-likeness (QED) is 0.803. The maximum Gasteiger partial charge on any atom is 0.427 e. The first-order valence-corrected chi connectivity index (χ1v) is 8.72. The summed E-state index contributed by atoms with van der Waals surface area (Å²) in [4.78, 5) is 13.2. The van der Waals surface area contributed by atoms with Crippen LogP contribution in [0.2, 0.25) is 0 Å². The number of rotatable bonds is 4. The largest absolute Gasteiger partial charge is 0.434 e. The zero-order valence-corrected chi connectivity index (χ0v) is 14.5. The number of aliphatic hydroxyl groups is 1. The van der Waals surface area contributed by atoms with Crippen molar-refractivity contribution in [3.8, 4) is 5.69 Å². The van der Waals surface area contributed by atoms with Gasteiger partial charge in [0, 0.05) is 25.2 Å². The first-order chi connectivity index (χ1) is 13.3. The maximum atomic E-state index is 13.0. The number of hydrogen-bond donors (Lipinski definition) is 1. The van der Waals surface area contributed by atoms with Crippen molar-refractivity contribution < 1.29 is 32.2 Å². The standard InChI is InChI=1S/C18H17F4N3O3/c19-10-1-3-11(4-2-10)25-6-5-14(23-25)16-12-7-24(8-13(12)16)17(27)28-15(9-26)18(20,21)22/h1-6,12-13,15-16,26H,7-9H2/t12-,13+,15?,16?. The van der Waals surface area contributed by atoms with Crippen LogP contribution in [-0.2, 0) is 4.74 Å². The molecule has 6 nitrogen and oxygen atoms in total. The van der Waals surface area contributed by atoms with Gasteiger partial charge in [0.1, 0.15) is 5.82 Å². The normalized spacial score (nSPS) is 24.8. The van der Waals surface area contributed by atoms with Crippen molar-refractivity contribution in [3.05, 3.63) is 48.0 Å². The van der Waals surface area contributed by atoms with Gasteiger partial charge in [0.2, 0.25) is 6.10 Å². The predicted molar refractivity (Wildman–Crippen MR) is 88.2 cm³/mol. The molecule has 4 rings (SSSR count). The number of fused-ring (bicyclic) bond motifs is 1. The molecule has 150 valence electrons. The Bertz CT molecular complexity index is 856. The van der Waals surface area contributed by atoms with E-state index in [9.17, 15) is 22.4 Å². The lowest BCUT2D eigenvalue weighted by molar-refractivity contribution is -0.214. The third-order valence-electron chi connectivity index (χ3n) is 5.27. The van der Waals surface area contributed by atoms with E-state index in [1.807, 2.05) is 6.07 Å². The Labute approximate surface area is 157 Å². The molecule has 2 unspecified atom stereocenters. The second-order valence-corrected chi connectivity index (χ2v) is 7.02. The van der Waals surface area contributed by atoms with Gasteiger partial charge < -0.3 is 14.7 Å². The minimum Gasteiger partial charge on any atom is -0.434 e. The molecule has 1 saturated carbocycles. The zero-order valence-electron chi connectivity index (χ0n) is 14.5. The van der Waals surface area contributed by atoms with Gasteiger partial charge in [-0.25, -0.2) is 13.9 Å². The Kier molecular flexibility index (Phi) is 4.53. The molecule has 1 aliphatic heterocycles. The van der Waals surface area contributed by atoms with Crippen LogP contribution in [-0.4, -0.2) is 57.9 Å². The number of halogens is 4.